The number of aryl methyl sites for hydroxylation is 1. The molecule has 0 radical (unpaired) electrons. The van der Waals surface area contributed by atoms with E-state index in [9.17, 15) is 0 Å². The van der Waals surface area contributed by atoms with Crippen molar-refractivity contribution in [2.24, 2.45) is 0 Å². The first-order valence-electron chi connectivity index (χ1n) is 6.37. The van der Waals surface area contributed by atoms with Gasteiger partial charge in [-0.1, -0.05) is 19.1 Å². The maximum Gasteiger partial charge on any atom is 0.146 e. The highest BCUT2D eigenvalue weighted by Crippen LogP contribution is 2.25. The van der Waals surface area contributed by atoms with Crippen molar-refractivity contribution in [1.29, 1.82) is 0 Å². The second-order valence-corrected chi connectivity index (χ2v) is 5.15. The Bertz CT molecular complexity index is 537. The molecule has 0 aliphatic heterocycles. The molecule has 0 saturated heterocycles. The Morgan fingerprint density at radius 2 is 2.11 bits per heavy atom. The summed E-state index contributed by atoms with van der Waals surface area (Å²) in [5.74, 6) is 2.62. The van der Waals surface area contributed by atoms with Crippen LogP contribution in [0.3, 0.4) is 0 Å². The normalized spacial score (nSPS) is 10.7. The summed E-state index contributed by atoms with van der Waals surface area (Å²) in [6.07, 6.45) is 0. The Hall–Kier alpha value is -1.26. The number of halogens is 1. The molecule has 0 unspecified atom stereocenters. The third-order valence-electron chi connectivity index (χ3n) is 2.84. The smallest absolute Gasteiger partial charge is 0.146 e. The summed E-state index contributed by atoms with van der Waals surface area (Å²) in [7, 11) is 0. The molecule has 2 aromatic rings. The van der Waals surface area contributed by atoms with E-state index in [-0.39, 0.29) is 0 Å². The first-order chi connectivity index (χ1) is 9.20. The maximum absolute atomic E-state index is 5.73. The van der Waals surface area contributed by atoms with Gasteiger partial charge >= 0.3 is 0 Å². The summed E-state index contributed by atoms with van der Waals surface area (Å²) >= 11 is 3.46. The fourth-order valence-electron chi connectivity index (χ4n) is 1.80. The van der Waals surface area contributed by atoms with Crippen LogP contribution in [-0.2, 0) is 13.2 Å². The molecule has 19 heavy (non-hydrogen) atoms. The molecule has 0 bridgehead atoms. The largest absolute Gasteiger partial charge is 0.484 e. The summed E-state index contributed by atoms with van der Waals surface area (Å²) in [6.45, 7) is 6.30. The average molecular weight is 324 g/mol. The van der Waals surface area contributed by atoms with Crippen molar-refractivity contribution in [1.82, 2.24) is 5.32 Å². The van der Waals surface area contributed by atoms with Gasteiger partial charge in [-0.15, -0.1) is 0 Å². The Balaban J connectivity index is 1.98. The topological polar surface area (TPSA) is 34.4 Å². The molecular formula is C15H18BrNO2. The summed E-state index contributed by atoms with van der Waals surface area (Å²) in [5.41, 5.74) is 1.19. The molecule has 0 atom stereocenters. The Kier molecular flexibility index (Phi) is 5.05. The highest BCUT2D eigenvalue weighted by Gasteiger charge is 2.08. The van der Waals surface area contributed by atoms with Gasteiger partial charge < -0.3 is 14.5 Å². The molecular weight excluding hydrogens is 306 g/mol. The van der Waals surface area contributed by atoms with Crippen molar-refractivity contribution >= 4 is 15.9 Å². The zero-order chi connectivity index (χ0) is 13.7. The second kappa shape index (κ2) is 6.78. The number of hydrogen-bond donors (Lipinski definition) is 1. The molecule has 0 aliphatic rings. The third kappa shape index (κ3) is 3.85. The number of nitrogens with one attached hydrogen (secondary N) is 1. The summed E-state index contributed by atoms with van der Waals surface area (Å²) in [6, 6.07) is 9.85. The first-order valence-corrected chi connectivity index (χ1v) is 7.16. The van der Waals surface area contributed by atoms with Crippen LogP contribution in [0.4, 0.5) is 0 Å². The van der Waals surface area contributed by atoms with Crippen molar-refractivity contribution in [2.75, 3.05) is 6.54 Å². The molecule has 3 nitrogen and oxygen atoms in total. The molecule has 1 N–H and O–H groups in total. The van der Waals surface area contributed by atoms with Gasteiger partial charge in [0.2, 0.25) is 0 Å². The average Bonchev–Trinajstić information content (AvgIpc) is 2.76. The SMILES string of the molecule is CCNCc1cc(COc2ccccc2Br)oc1C. The van der Waals surface area contributed by atoms with Crippen molar-refractivity contribution in [3.8, 4) is 5.75 Å². The van der Waals surface area contributed by atoms with Crippen molar-refractivity contribution < 1.29 is 9.15 Å². The first kappa shape index (κ1) is 14.2. The zero-order valence-electron chi connectivity index (χ0n) is 11.2. The predicted octanol–water partition coefficient (Wildman–Crippen LogP) is 4.04. The quantitative estimate of drug-likeness (QED) is 0.871. The lowest BCUT2D eigenvalue weighted by Gasteiger charge is -2.05. The van der Waals surface area contributed by atoms with E-state index in [0.29, 0.717) is 6.61 Å². The highest BCUT2D eigenvalue weighted by molar-refractivity contribution is 9.10. The van der Waals surface area contributed by atoms with Crippen LogP contribution in [-0.4, -0.2) is 6.54 Å². The molecule has 0 aliphatic carbocycles. The van der Waals surface area contributed by atoms with E-state index in [0.717, 1.165) is 34.8 Å². The van der Waals surface area contributed by atoms with Gasteiger partial charge in [0.15, 0.2) is 0 Å². The molecule has 0 fully saturated rings. The van der Waals surface area contributed by atoms with E-state index >= 15 is 0 Å². The fourth-order valence-corrected chi connectivity index (χ4v) is 2.20. The molecule has 1 aromatic heterocycles. The van der Waals surface area contributed by atoms with Gasteiger partial charge in [0, 0.05) is 12.1 Å². The van der Waals surface area contributed by atoms with Crippen LogP contribution in [0.5, 0.6) is 5.75 Å². The number of rotatable bonds is 6. The minimum Gasteiger partial charge on any atom is -0.484 e. The number of hydrogen-bond acceptors (Lipinski definition) is 3. The molecule has 4 heteroatoms. The van der Waals surface area contributed by atoms with Crippen molar-refractivity contribution in [3.63, 3.8) is 0 Å². The highest BCUT2D eigenvalue weighted by atomic mass is 79.9. The van der Waals surface area contributed by atoms with Crippen molar-refractivity contribution in [2.45, 2.75) is 27.0 Å². The minimum absolute atomic E-state index is 0.440. The fraction of sp³-hybridized carbons (Fsp3) is 0.333. The van der Waals surface area contributed by atoms with Gasteiger partial charge in [-0.3, -0.25) is 0 Å². The van der Waals surface area contributed by atoms with Crippen LogP contribution in [0.15, 0.2) is 39.2 Å². The maximum atomic E-state index is 5.73. The standard InChI is InChI=1S/C15H18BrNO2/c1-3-17-9-12-8-13(19-11(12)2)10-18-15-7-5-4-6-14(15)16/h4-8,17H,3,9-10H2,1-2H3. The van der Waals surface area contributed by atoms with E-state index in [1.807, 2.05) is 31.2 Å². The molecule has 0 amide bonds. The predicted molar refractivity (Wildman–Crippen MR) is 79.3 cm³/mol. The zero-order valence-corrected chi connectivity index (χ0v) is 12.8. The number of furan rings is 1. The molecule has 0 saturated carbocycles. The summed E-state index contributed by atoms with van der Waals surface area (Å²) in [4.78, 5) is 0. The summed E-state index contributed by atoms with van der Waals surface area (Å²) in [5, 5.41) is 3.29. The third-order valence-corrected chi connectivity index (χ3v) is 3.50. The van der Waals surface area contributed by atoms with Crippen LogP contribution < -0.4 is 10.1 Å². The van der Waals surface area contributed by atoms with Crippen LogP contribution in [0.2, 0.25) is 0 Å². The van der Waals surface area contributed by atoms with E-state index < -0.39 is 0 Å². The monoisotopic (exact) mass is 323 g/mol. The molecule has 2 rings (SSSR count). The molecule has 102 valence electrons. The van der Waals surface area contributed by atoms with Crippen LogP contribution in [0, 0.1) is 6.92 Å². The van der Waals surface area contributed by atoms with Gasteiger partial charge in [0.25, 0.3) is 0 Å². The Morgan fingerprint density at radius 1 is 1.32 bits per heavy atom. The van der Waals surface area contributed by atoms with Gasteiger partial charge in [-0.05, 0) is 47.6 Å². The van der Waals surface area contributed by atoms with E-state index in [2.05, 4.69) is 34.2 Å². The van der Waals surface area contributed by atoms with E-state index in [4.69, 9.17) is 9.15 Å². The Labute approximate surface area is 122 Å². The molecule has 0 spiro atoms. The molecule has 1 heterocycles. The number of ether oxygens (including phenoxy) is 1. The van der Waals surface area contributed by atoms with E-state index in [1.165, 1.54) is 5.56 Å². The van der Waals surface area contributed by atoms with Crippen LogP contribution in [0.25, 0.3) is 0 Å². The number of para-hydroxylation sites is 1. The molecule has 1 aromatic carbocycles. The lowest BCUT2D eigenvalue weighted by Crippen LogP contribution is -2.11. The van der Waals surface area contributed by atoms with E-state index in [1.54, 1.807) is 0 Å². The lowest BCUT2D eigenvalue weighted by atomic mass is 10.2. The second-order valence-electron chi connectivity index (χ2n) is 4.29. The van der Waals surface area contributed by atoms with Gasteiger partial charge in [-0.25, -0.2) is 0 Å². The van der Waals surface area contributed by atoms with Crippen LogP contribution in [0.1, 0.15) is 24.0 Å². The Morgan fingerprint density at radius 3 is 2.84 bits per heavy atom. The van der Waals surface area contributed by atoms with Gasteiger partial charge in [0.1, 0.15) is 23.9 Å². The minimum atomic E-state index is 0.440. The number of benzene rings is 1. The lowest BCUT2D eigenvalue weighted by molar-refractivity contribution is 0.266. The van der Waals surface area contributed by atoms with Crippen LogP contribution >= 0.6 is 15.9 Å². The summed E-state index contributed by atoms with van der Waals surface area (Å²) < 4.78 is 12.4. The van der Waals surface area contributed by atoms with Gasteiger partial charge in [0.05, 0.1) is 4.47 Å². The van der Waals surface area contributed by atoms with Gasteiger partial charge in [-0.2, -0.15) is 0 Å². The van der Waals surface area contributed by atoms with Crippen molar-refractivity contribution in [3.05, 3.63) is 51.9 Å².